The molecule has 0 spiro atoms. The Kier molecular flexibility index (Phi) is 5.06. The van der Waals surface area contributed by atoms with Crippen molar-refractivity contribution in [3.8, 4) is 0 Å². The second-order valence-corrected chi connectivity index (χ2v) is 6.07. The Morgan fingerprint density at radius 2 is 1.74 bits per heavy atom. The minimum atomic E-state index is -0.206. The molecule has 1 amide bonds. The zero-order chi connectivity index (χ0) is 16.2. The second-order valence-electron chi connectivity index (χ2n) is 5.22. The summed E-state index contributed by atoms with van der Waals surface area (Å²) in [6, 6.07) is 12.5. The largest absolute Gasteiger partial charge is 0.378 e. The van der Waals surface area contributed by atoms with Gasteiger partial charge in [-0.25, -0.2) is 0 Å². The maximum Gasteiger partial charge on any atom is 0.255 e. The van der Waals surface area contributed by atoms with Crippen LogP contribution in [0.5, 0.6) is 0 Å². The van der Waals surface area contributed by atoms with Crippen molar-refractivity contribution in [3.63, 3.8) is 0 Å². The average molecular weight is 351 g/mol. The summed E-state index contributed by atoms with van der Waals surface area (Å²) in [5.41, 5.74) is 2.21. The Bertz CT molecular complexity index is 698. The van der Waals surface area contributed by atoms with E-state index in [0.717, 1.165) is 32.0 Å². The van der Waals surface area contributed by atoms with Crippen molar-refractivity contribution >= 4 is 40.5 Å². The third-order valence-electron chi connectivity index (χ3n) is 3.69. The molecule has 6 heteroatoms. The van der Waals surface area contributed by atoms with Crippen molar-refractivity contribution in [2.45, 2.75) is 0 Å². The second kappa shape index (κ2) is 7.21. The lowest BCUT2D eigenvalue weighted by atomic mass is 10.1. The Hall–Kier alpha value is -1.75. The molecule has 1 aliphatic heterocycles. The first-order valence-electron chi connectivity index (χ1n) is 7.32. The molecule has 1 aliphatic rings. The van der Waals surface area contributed by atoms with E-state index in [-0.39, 0.29) is 5.91 Å². The number of halogens is 2. The zero-order valence-corrected chi connectivity index (χ0v) is 13.9. The summed E-state index contributed by atoms with van der Waals surface area (Å²) in [5.74, 6) is -0.206. The third-order valence-corrected chi connectivity index (χ3v) is 4.23. The normalized spacial score (nSPS) is 14.6. The molecular formula is C17H16Cl2N2O2. The lowest BCUT2D eigenvalue weighted by Crippen LogP contribution is -2.36. The Balaban J connectivity index is 1.69. The number of anilines is 2. The van der Waals surface area contributed by atoms with Crippen LogP contribution in [0.25, 0.3) is 0 Å². The number of hydrogen-bond donors (Lipinski definition) is 1. The average Bonchev–Trinajstić information content (AvgIpc) is 2.58. The van der Waals surface area contributed by atoms with Gasteiger partial charge in [-0.3, -0.25) is 4.79 Å². The van der Waals surface area contributed by atoms with Gasteiger partial charge < -0.3 is 15.0 Å². The molecule has 2 aromatic rings. The molecule has 0 radical (unpaired) electrons. The van der Waals surface area contributed by atoms with E-state index < -0.39 is 0 Å². The molecule has 1 fully saturated rings. The predicted octanol–water partition coefficient (Wildman–Crippen LogP) is 4.08. The number of benzene rings is 2. The Morgan fingerprint density at radius 1 is 1.04 bits per heavy atom. The number of ether oxygens (including phenoxy) is 1. The summed E-state index contributed by atoms with van der Waals surface area (Å²) in [7, 11) is 0. The maximum atomic E-state index is 12.3. The molecule has 0 unspecified atom stereocenters. The van der Waals surface area contributed by atoms with Gasteiger partial charge in [-0.1, -0.05) is 23.2 Å². The van der Waals surface area contributed by atoms with Gasteiger partial charge in [0.05, 0.1) is 23.9 Å². The first-order chi connectivity index (χ1) is 11.1. The van der Waals surface area contributed by atoms with E-state index >= 15 is 0 Å². The molecular weight excluding hydrogens is 335 g/mol. The van der Waals surface area contributed by atoms with Gasteiger partial charge in [0.2, 0.25) is 0 Å². The van der Waals surface area contributed by atoms with Crippen LogP contribution in [0.15, 0.2) is 42.5 Å². The topological polar surface area (TPSA) is 41.6 Å². The quantitative estimate of drug-likeness (QED) is 0.906. The van der Waals surface area contributed by atoms with Crippen molar-refractivity contribution in [2.75, 3.05) is 36.5 Å². The Morgan fingerprint density at radius 3 is 2.39 bits per heavy atom. The molecule has 2 aromatic carbocycles. The highest BCUT2D eigenvalue weighted by Crippen LogP contribution is 2.26. The molecule has 0 bridgehead atoms. The van der Waals surface area contributed by atoms with E-state index in [9.17, 15) is 4.79 Å². The van der Waals surface area contributed by atoms with Gasteiger partial charge in [-0.2, -0.15) is 0 Å². The minimum absolute atomic E-state index is 0.206. The predicted molar refractivity (Wildman–Crippen MR) is 93.9 cm³/mol. The minimum Gasteiger partial charge on any atom is -0.378 e. The number of carbonyl (C=O) groups excluding carboxylic acids is 1. The van der Waals surface area contributed by atoms with Crippen LogP contribution in [-0.2, 0) is 4.74 Å². The summed E-state index contributed by atoms with van der Waals surface area (Å²) in [5, 5.41) is 3.73. The van der Waals surface area contributed by atoms with Crippen molar-refractivity contribution in [1.82, 2.24) is 0 Å². The molecule has 4 nitrogen and oxygen atoms in total. The SMILES string of the molecule is O=C(Nc1ccc(Cl)cc1Cl)c1ccc(N2CCOCC2)cc1. The molecule has 0 aliphatic carbocycles. The van der Waals surface area contributed by atoms with Gasteiger partial charge in [0, 0.05) is 29.4 Å². The van der Waals surface area contributed by atoms with E-state index in [1.807, 2.05) is 24.3 Å². The third kappa shape index (κ3) is 3.96. The maximum absolute atomic E-state index is 12.3. The molecule has 23 heavy (non-hydrogen) atoms. The summed E-state index contributed by atoms with van der Waals surface area (Å²) >= 11 is 11.9. The van der Waals surface area contributed by atoms with Crippen LogP contribution in [0, 0.1) is 0 Å². The zero-order valence-electron chi connectivity index (χ0n) is 12.4. The monoisotopic (exact) mass is 350 g/mol. The summed E-state index contributed by atoms with van der Waals surface area (Å²) in [4.78, 5) is 14.5. The van der Waals surface area contributed by atoms with Crippen molar-refractivity contribution < 1.29 is 9.53 Å². The summed E-state index contributed by atoms with van der Waals surface area (Å²) in [6.07, 6.45) is 0. The van der Waals surface area contributed by atoms with Gasteiger partial charge in [0.25, 0.3) is 5.91 Å². The van der Waals surface area contributed by atoms with Gasteiger partial charge in [-0.15, -0.1) is 0 Å². The highest BCUT2D eigenvalue weighted by Gasteiger charge is 2.13. The fourth-order valence-corrected chi connectivity index (χ4v) is 2.89. The number of morpholine rings is 1. The standard InChI is InChI=1S/C17H16Cl2N2O2/c18-13-3-6-16(15(19)11-13)20-17(22)12-1-4-14(5-2-12)21-7-9-23-10-8-21/h1-6,11H,7-10H2,(H,20,22). The first-order valence-corrected chi connectivity index (χ1v) is 8.08. The molecule has 120 valence electrons. The van der Waals surface area contributed by atoms with Gasteiger partial charge in [0.1, 0.15) is 0 Å². The van der Waals surface area contributed by atoms with Crippen LogP contribution in [0.3, 0.4) is 0 Å². The molecule has 1 heterocycles. The van der Waals surface area contributed by atoms with Crippen LogP contribution < -0.4 is 10.2 Å². The van der Waals surface area contributed by atoms with Gasteiger partial charge >= 0.3 is 0 Å². The molecule has 0 aromatic heterocycles. The van der Waals surface area contributed by atoms with Crippen LogP contribution in [-0.4, -0.2) is 32.2 Å². The smallest absolute Gasteiger partial charge is 0.255 e. The van der Waals surface area contributed by atoms with E-state index in [1.165, 1.54) is 0 Å². The lowest BCUT2D eigenvalue weighted by molar-refractivity contribution is 0.102. The van der Waals surface area contributed by atoms with Crippen molar-refractivity contribution in [3.05, 3.63) is 58.1 Å². The number of amides is 1. The fourth-order valence-electron chi connectivity index (χ4n) is 2.43. The van der Waals surface area contributed by atoms with Crippen LogP contribution >= 0.6 is 23.2 Å². The molecule has 0 saturated carbocycles. The van der Waals surface area contributed by atoms with Crippen molar-refractivity contribution in [2.24, 2.45) is 0 Å². The molecule has 1 N–H and O–H groups in total. The van der Waals surface area contributed by atoms with E-state index in [0.29, 0.717) is 21.3 Å². The number of carbonyl (C=O) groups is 1. The fraction of sp³-hybridized carbons (Fsp3) is 0.235. The van der Waals surface area contributed by atoms with Gasteiger partial charge in [-0.05, 0) is 42.5 Å². The van der Waals surface area contributed by atoms with Crippen LogP contribution in [0.1, 0.15) is 10.4 Å². The van der Waals surface area contributed by atoms with E-state index in [1.54, 1.807) is 18.2 Å². The van der Waals surface area contributed by atoms with E-state index in [2.05, 4.69) is 10.2 Å². The number of nitrogens with one attached hydrogen (secondary N) is 1. The molecule has 3 rings (SSSR count). The highest BCUT2D eigenvalue weighted by molar-refractivity contribution is 6.36. The number of nitrogens with zero attached hydrogens (tertiary/aromatic N) is 1. The first kappa shape index (κ1) is 16.1. The highest BCUT2D eigenvalue weighted by atomic mass is 35.5. The summed E-state index contributed by atoms with van der Waals surface area (Å²) < 4.78 is 5.34. The summed E-state index contributed by atoms with van der Waals surface area (Å²) in [6.45, 7) is 3.20. The van der Waals surface area contributed by atoms with Crippen molar-refractivity contribution in [1.29, 1.82) is 0 Å². The number of hydrogen-bond acceptors (Lipinski definition) is 3. The van der Waals surface area contributed by atoms with Crippen LogP contribution in [0.4, 0.5) is 11.4 Å². The number of rotatable bonds is 3. The molecule has 0 atom stereocenters. The van der Waals surface area contributed by atoms with E-state index in [4.69, 9.17) is 27.9 Å². The Labute approximate surface area is 144 Å². The van der Waals surface area contributed by atoms with Crippen LogP contribution in [0.2, 0.25) is 10.0 Å². The van der Waals surface area contributed by atoms with Gasteiger partial charge in [0.15, 0.2) is 0 Å². The lowest BCUT2D eigenvalue weighted by Gasteiger charge is -2.28. The molecule has 1 saturated heterocycles.